The maximum Gasteiger partial charge on any atom is 0.699 e. The molecule has 0 radical (unpaired) electrons. The molecule has 3 aliphatic heterocycles. The van der Waals surface area contributed by atoms with Gasteiger partial charge in [-0.2, -0.15) is 0 Å². The molecule has 7 aliphatic rings. The number of nitrogens with zero attached hydrogens (tertiary/aromatic N) is 1. The summed E-state index contributed by atoms with van der Waals surface area (Å²) in [4.78, 5) is 15.8. The Morgan fingerprint density at radius 1 is 0.616 bits per heavy atom. The lowest BCUT2D eigenvalue weighted by Gasteiger charge is -2.58. The second-order valence-electron chi connectivity index (χ2n) is 29.3. The summed E-state index contributed by atoms with van der Waals surface area (Å²) in [7, 11) is -7.37. The molecule has 0 unspecified atom stereocenters. The molecule has 8 nitrogen and oxygen atoms in total. The van der Waals surface area contributed by atoms with Gasteiger partial charge in [-0.1, -0.05) is 178 Å². The topological polar surface area (TPSA) is 75.7 Å². The fourth-order valence-corrected chi connectivity index (χ4v) is 30.7. The lowest BCUT2D eigenvalue weighted by molar-refractivity contribution is -0.0594. The number of hydrogen-bond acceptors (Lipinski definition) is 8. The number of esters is 1. The highest BCUT2D eigenvalue weighted by Gasteiger charge is 2.60. The number of allylic oxidation sites excluding steroid dienone is 1. The second kappa shape index (κ2) is 26.9. The van der Waals surface area contributed by atoms with Gasteiger partial charge in [0, 0.05) is 6.42 Å². The monoisotopic (exact) mass is 1210 g/mol. The number of fused-ring (bicyclic) bond motifs is 5. The Hall–Kier alpha value is -5.08. The van der Waals surface area contributed by atoms with E-state index < -0.39 is 25.4 Å². The molecule has 462 valence electrons. The van der Waals surface area contributed by atoms with Gasteiger partial charge in [-0.15, -0.1) is 0 Å². The first-order valence-electron chi connectivity index (χ1n) is 34.0. The Morgan fingerprint density at radius 2 is 1.17 bits per heavy atom. The van der Waals surface area contributed by atoms with Gasteiger partial charge in [-0.25, -0.2) is 4.79 Å². The smallest absolute Gasteiger partial charge is 0.494 e. The number of ether oxygens (including phenoxy) is 2. The molecule has 0 aromatic heterocycles. The zero-order valence-electron chi connectivity index (χ0n) is 53.9. The Morgan fingerprint density at radius 3 is 1.78 bits per heavy atom. The Balaban J connectivity index is 0.551. The summed E-state index contributed by atoms with van der Waals surface area (Å²) in [5, 5.41) is 0. The fourth-order valence-electron chi connectivity index (χ4n) is 17.2. The van der Waals surface area contributed by atoms with Gasteiger partial charge in [0.05, 0.1) is 35.3 Å². The van der Waals surface area contributed by atoms with Crippen LogP contribution in [-0.4, -0.2) is 44.1 Å². The predicted molar refractivity (Wildman–Crippen MR) is 360 cm³/mol. The first-order valence-corrected chi connectivity index (χ1v) is 42.2. The molecule has 3 heterocycles. The van der Waals surface area contributed by atoms with Crippen molar-refractivity contribution in [2.75, 3.05) is 11.5 Å². The molecule has 0 N–H and O–H groups in total. The van der Waals surface area contributed by atoms with Crippen LogP contribution < -0.4 is 22.9 Å². The average molecular weight is 1210 g/mol. The average Bonchev–Trinajstić information content (AvgIpc) is 1.47. The van der Waals surface area contributed by atoms with Crippen LogP contribution in [0.15, 0.2) is 133 Å². The number of carbonyl (C=O) groups is 1. The van der Waals surface area contributed by atoms with Crippen molar-refractivity contribution < 1.29 is 31.7 Å². The summed E-state index contributed by atoms with van der Waals surface area (Å²) < 4.78 is 40.6. The normalized spacial score (nSPS) is 24.8. The standard InChI is InChI=1S/C75H103NO7Si3/c1-55(2)26-25-27-56(3)64-44-45-65-63-43-40-60-54-62(46-48-74(60,4)66(63)47-49-75(64,65)5)79-73(77)59-36-34-57(35-37-59)58-38-41-61(42-39-58)78-50-23-15-13-11-10-12-14-16-24-51-84(6,7)83-85(8,9)52-53-86-80-70-31-20-17-28-67(70)76(68-29-18-21-32-71(68)81-86)69-30-19-22-33-72(69)82-86/h17-22,28-42,55-56,62-66H,10-16,23-27,43-54H2,1-9H3/t56-,62+,63+,64-,65+,66+,74+,75-/m1/s1. The van der Waals surface area contributed by atoms with Gasteiger partial charge in [-0.3, -0.25) is 0 Å². The van der Waals surface area contributed by atoms with Gasteiger partial charge in [0.2, 0.25) is 0 Å². The quantitative estimate of drug-likeness (QED) is 0.0235. The van der Waals surface area contributed by atoms with Crippen LogP contribution in [0.3, 0.4) is 0 Å². The van der Waals surface area contributed by atoms with Crippen molar-refractivity contribution in [2.24, 2.45) is 46.3 Å². The zero-order valence-corrected chi connectivity index (χ0v) is 56.9. The van der Waals surface area contributed by atoms with Crippen LogP contribution in [0.4, 0.5) is 17.1 Å². The van der Waals surface area contributed by atoms with Gasteiger partial charge in [-0.05, 0) is 208 Å². The largest absolute Gasteiger partial charge is 0.699 e. The van der Waals surface area contributed by atoms with Crippen molar-refractivity contribution >= 4 is 48.5 Å². The molecule has 4 aliphatic carbocycles. The van der Waals surface area contributed by atoms with E-state index in [0.29, 0.717) is 17.0 Å². The molecule has 0 amide bonds. The van der Waals surface area contributed by atoms with Crippen LogP contribution in [-0.2, 0) is 8.85 Å². The van der Waals surface area contributed by atoms with E-state index in [1.165, 1.54) is 109 Å². The minimum absolute atomic E-state index is 0.0421. The van der Waals surface area contributed by atoms with Gasteiger partial charge in [0.1, 0.15) is 29.1 Å². The summed E-state index contributed by atoms with van der Waals surface area (Å²) in [5.41, 5.74) is 8.15. The van der Waals surface area contributed by atoms with Crippen molar-refractivity contribution in [3.63, 3.8) is 0 Å². The van der Waals surface area contributed by atoms with Crippen LogP contribution in [0.1, 0.15) is 173 Å². The van der Waals surface area contributed by atoms with E-state index in [9.17, 15) is 4.79 Å². The SMILES string of the molecule is CC(C)CCC[C@@H](C)[C@H]1CC[C@H]2[C@@H]3CC=C4C[C@@H](OC(=O)c5ccc(-c6ccc(OCCCCCCCCCCC[Si](C)(C)O[Si](C)(C)CC[Si]78Oc9ccccc9N(c9ccccc9O7)c7ccccc7O8)cc6)cc5)CC[C@]4(C)[C@H]3CC[C@]12C. The number of para-hydroxylation sites is 6. The maximum absolute atomic E-state index is 13.6. The summed E-state index contributed by atoms with van der Waals surface area (Å²) in [6.07, 6.45) is 27.8. The second-order valence-corrected chi connectivity index (χ2v) is 40.6. The molecule has 8 atom stereocenters. The zero-order chi connectivity index (χ0) is 60.1. The Bertz CT molecular complexity index is 2980. The first kappa shape index (κ1) is 62.5. The molecule has 5 aromatic rings. The first-order chi connectivity index (χ1) is 41.4. The van der Waals surface area contributed by atoms with Gasteiger partial charge >= 0.3 is 14.8 Å². The van der Waals surface area contributed by atoms with Crippen molar-refractivity contribution in [3.8, 4) is 34.1 Å². The van der Waals surface area contributed by atoms with E-state index in [0.717, 1.165) is 125 Å². The minimum Gasteiger partial charge on any atom is -0.494 e. The number of unbranched alkanes of at least 4 members (excludes halogenated alkanes) is 8. The molecule has 0 spiro atoms. The molecule has 12 rings (SSSR count). The summed E-state index contributed by atoms with van der Waals surface area (Å²) in [5.74, 6) is 8.08. The molecule has 3 saturated carbocycles. The summed E-state index contributed by atoms with van der Waals surface area (Å²) in [6.45, 7) is 22.9. The highest BCUT2D eigenvalue weighted by molar-refractivity contribution is 6.85. The molecule has 5 aromatic carbocycles. The van der Waals surface area contributed by atoms with E-state index in [1.54, 1.807) is 5.57 Å². The van der Waals surface area contributed by atoms with Crippen molar-refractivity contribution in [1.29, 1.82) is 0 Å². The van der Waals surface area contributed by atoms with Crippen LogP contribution >= 0.6 is 0 Å². The lowest BCUT2D eigenvalue weighted by Crippen LogP contribution is -2.57. The van der Waals surface area contributed by atoms with Crippen LogP contribution in [0.25, 0.3) is 11.1 Å². The lowest BCUT2D eigenvalue weighted by atomic mass is 9.47. The molecule has 2 bridgehead atoms. The predicted octanol–water partition coefficient (Wildman–Crippen LogP) is 21.5. The minimum atomic E-state index is -3.34. The summed E-state index contributed by atoms with van der Waals surface area (Å²) >= 11 is 0. The van der Waals surface area contributed by atoms with Gasteiger partial charge in [0.15, 0.2) is 16.6 Å². The third-order valence-electron chi connectivity index (χ3n) is 21.7. The van der Waals surface area contributed by atoms with Gasteiger partial charge < -0.3 is 31.8 Å². The van der Waals surface area contributed by atoms with E-state index in [1.807, 2.05) is 48.5 Å². The fraction of sp³-hybridized carbons (Fsp3) is 0.560. The third kappa shape index (κ3) is 14.2. The maximum atomic E-state index is 13.6. The molecule has 3 fully saturated rings. The number of benzene rings is 5. The van der Waals surface area contributed by atoms with Gasteiger partial charge in [0.25, 0.3) is 0 Å². The van der Waals surface area contributed by atoms with Crippen LogP contribution in [0, 0.1) is 46.3 Å². The molecular formula is C75H103NO7Si3. The van der Waals surface area contributed by atoms with E-state index in [-0.39, 0.29) is 17.5 Å². The number of anilines is 3. The molecule has 86 heavy (non-hydrogen) atoms. The highest BCUT2D eigenvalue weighted by Crippen LogP contribution is 2.67. The van der Waals surface area contributed by atoms with E-state index in [4.69, 9.17) is 26.9 Å². The van der Waals surface area contributed by atoms with Crippen molar-refractivity contribution in [1.82, 2.24) is 0 Å². The number of hydrogen-bond donors (Lipinski definition) is 0. The molecule has 11 heteroatoms. The van der Waals surface area contributed by atoms with Crippen LogP contribution in [0.5, 0.6) is 23.0 Å². The molecule has 0 saturated heterocycles. The van der Waals surface area contributed by atoms with Crippen LogP contribution in [0.2, 0.25) is 44.3 Å². The van der Waals surface area contributed by atoms with E-state index in [2.05, 4.69) is 145 Å². The van der Waals surface area contributed by atoms with Crippen molar-refractivity contribution in [3.05, 3.63) is 139 Å². The van der Waals surface area contributed by atoms with Crippen molar-refractivity contribution in [2.45, 2.75) is 213 Å². The number of rotatable bonds is 26. The van der Waals surface area contributed by atoms with E-state index >= 15 is 0 Å². The Kier molecular flexibility index (Phi) is 19.6. The summed E-state index contributed by atoms with van der Waals surface area (Å²) in [6, 6.07) is 43.9. The third-order valence-corrected chi connectivity index (χ3v) is 32.1. The Labute approximate surface area is 521 Å². The molecular weight excluding hydrogens is 1110 g/mol. The number of carbonyl (C=O) groups excluding carboxylic acids is 1. The highest BCUT2D eigenvalue weighted by atomic mass is 28.4.